The van der Waals surface area contributed by atoms with E-state index in [0.29, 0.717) is 6.54 Å². The van der Waals surface area contributed by atoms with Crippen LogP contribution in [-0.2, 0) is 4.79 Å². The second kappa shape index (κ2) is 7.45. The zero-order chi connectivity index (χ0) is 16.1. The molecular weight excluding hydrogens is 274 g/mol. The van der Waals surface area contributed by atoms with Crippen LogP contribution >= 0.6 is 0 Å². The van der Waals surface area contributed by atoms with E-state index in [-0.39, 0.29) is 11.9 Å². The van der Waals surface area contributed by atoms with Crippen molar-refractivity contribution in [3.05, 3.63) is 42.0 Å². The standard InChI is InChI=1S/C18H27N3O/c1-5-9-19-18(22)16(4)20-10-12-21(13-11-20)17-8-6-7-14(2)15(17)3/h5-8,16H,1,9-13H2,2-4H3,(H,19,22)/p+1/t16-/m0/s1. The molecule has 1 aromatic rings. The third-order valence-electron chi connectivity index (χ3n) is 4.75. The molecule has 120 valence electrons. The second-order valence-corrected chi connectivity index (χ2v) is 6.12. The number of amides is 1. The van der Waals surface area contributed by atoms with E-state index < -0.39 is 0 Å². The molecule has 0 bridgehead atoms. The number of piperazine rings is 1. The Balaban J connectivity index is 1.94. The summed E-state index contributed by atoms with van der Waals surface area (Å²) in [5.74, 6) is 0.120. The van der Waals surface area contributed by atoms with Crippen LogP contribution in [-0.4, -0.2) is 44.7 Å². The molecule has 2 rings (SSSR count). The van der Waals surface area contributed by atoms with E-state index in [2.05, 4.69) is 48.8 Å². The summed E-state index contributed by atoms with van der Waals surface area (Å²) in [6.07, 6.45) is 1.72. The minimum atomic E-state index is 0.000654. The van der Waals surface area contributed by atoms with Gasteiger partial charge in [-0.3, -0.25) is 4.79 Å². The molecule has 22 heavy (non-hydrogen) atoms. The number of hydrogen-bond acceptors (Lipinski definition) is 2. The highest BCUT2D eigenvalue weighted by Crippen LogP contribution is 2.22. The van der Waals surface area contributed by atoms with Crippen molar-refractivity contribution >= 4 is 11.6 Å². The van der Waals surface area contributed by atoms with Crippen molar-refractivity contribution in [2.75, 3.05) is 37.6 Å². The molecule has 0 saturated carbocycles. The first-order valence-corrected chi connectivity index (χ1v) is 8.09. The Morgan fingerprint density at radius 1 is 1.41 bits per heavy atom. The Bertz CT molecular complexity index is 533. The number of carbonyl (C=O) groups is 1. The van der Waals surface area contributed by atoms with Gasteiger partial charge in [-0.25, -0.2) is 0 Å². The minimum absolute atomic E-state index is 0.000654. The first-order valence-electron chi connectivity index (χ1n) is 8.09. The van der Waals surface area contributed by atoms with E-state index in [1.165, 1.54) is 21.7 Å². The van der Waals surface area contributed by atoms with Gasteiger partial charge < -0.3 is 15.1 Å². The lowest BCUT2D eigenvalue weighted by Gasteiger charge is -2.36. The average molecular weight is 302 g/mol. The van der Waals surface area contributed by atoms with Crippen molar-refractivity contribution in [2.45, 2.75) is 26.8 Å². The van der Waals surface area contributed by atoms with E-state index in [4.69, 9.17) is 0 Å². The number of hydrogen-bond donors (Lipinski definition) is 2. The predicted molar refractivity (Wildman–Crippen MR) is 91.5 cm³/mol. The normalized spacial score (nSPS) is 17.1. The summed E-state index contributed by atoms with van der Waals surface area (Å²) in [6.45, 7) is 14.5. The Labute approximate surface area is 133 Å². The summed E-state index contributed by atoms with van der Waals surface area (Å²) in [7, 11) is 0. The van der Waals surface area contributed by atoms with Crippen LogP contribution in [0.2, 0.25) is 0 Å². The molecule has 0 spiro atoms. The molecule has 1 aliphatic rings. The van der Waals surface area contributed by atoms with Gasteiger partial charge in [-0.2, -0.15) is 0 Å². The number of rotatable bonds is 5. The van der Waals surface area contributed by atoms with E-state index in [1.54, 1.807) is 6.08 Å². The smallest absolute Gasteiger partial charge is 0.278 e. The topological polar surface area (TPSA) is 36.8 Å². The third-order valence-corrected chi connectivity index (χ3v) is 4.75. The molecule has 4 heteroatoms. The first-order chi connectivity index (χ1) is 10.5. The second-order valence-electron chi connectivity index (χ2n) is 6.12. The average Bonchev–Trinajstić information content (AvgIpc) is 2.54. The summed E-state index contributed by atoms with van der Waals surface area (Å²) >= 11 is 0. The van der Waals surface area contributed by atoms with Crippen molar-refractivity contribution in [3.63, 3.8) is 0 Å². The van der Waals surface area contributed by atoms with Gasteiger partial charge in [0.2, 0.25) is 0 Å². The number of quaternary nitrogens is 1. The maximum atomic E-state index is 12.1. The minimum Gasteiger partial charge on any atom is -0.360 e. The number of carbonyl (C=O) groups excluding carboxylic acids is 1. The molecule has 1 saturated heterocycles. The van der Waals surface area contributed by atoms with Crippen LogP contribution in [0.3, 0.4) is 0 Å². The summed E-state index contributed by atoms with van der Waals surface area (Å²) in [5, 5.41) is 2.90. The molecule has 1 aromatic carbocycles. The molecular formula is C18H28N3O+. The van der Waals surface area contributed by atoms with E-state index in [9.17, 15) is 4.79 Å². The van der Waals surface area contributed by atoms with Gasteiger partial charge in [0.15, 0.2) is 6.04 Å². The number of aryl methyl sites for hydroxylation is 1. The maximum Gasteiger partial charge on any atom is 0.278 e. The third kappa shape index (κ3) is 3.69. The molecule has 1 amide bonds. The van der Waals surface area contributed by atoms with Crippen molar-refractivity contribution in [3.8, 4) is 0 Å². The molecule has 0 unspecified atom stereocenters. The fourth-order valence-corrected chi connectivity index (χ4v) is 3.06. The Morgan fingerprint density at radius 2 is 2.09 bits per heavy atom. The first kappa shape index (κ1) is 16.6. The SMILES string of the molecule is C=CCNC(=O)[C@H](C)[NH+]1CCN(c2cccc(C)c2C)CC1. The quantitative estimate of drug-likeness (QED) is 0.786. The highest BCUT2D eigenvalue weighted by Gasteiger charge is 2.29. The van der Waals surface area contributed by atoms with Gasteiger partial charge in [-0.1, -0.05) is 18.2 Å². The number of benzene rings is 1. The largest absolute Gasteiger partial charge is 0.360 e. The fourth-order valence-electron chi connectivity index (χ4n) is 3.06. The molecule has 1 atom stereocenters. The van der Waals surface area contributed by atoms with Crippen molar-refractivity contribution < 1.29 is 9.69 Å². The maximum absolute atomic E-state index is 12.1. The van der Waals surface area contributed by atoms with Gasteiger partial charge in [0, 0.05) is 12.2 Å². The lowest BCUT2D eigenvalue weighted by molar-refractivity contribution is -0.914. The van der Waals surface area contributed by atoms with Gasteiger partial charge >= 0.3 is 0 Å². The molecule has 4 nitrogen and oxygen atoms in total. The van der Waals surface area contributed by atoms with Gasteiger partial charge in [0.25, 0.3) is 5.91 Å². The van der Waals surface area contributed by atoms with Crippen LogP contribution in [0.15, 0.2) is 30.9 Å². The number of nitrogens with one attached hydrogen (secondary N) is 2. The Kier molecular flexibility index (Phi) is 5.61. The summed E-state index contributed by atoms with van der Waals surface area (Å²) in [5.41, 5.74) is 4.04. The van der Waals surface area contributed by atoms with Crippen LogP contribution in [0.5, 0.6) is 0 Å². The van der Waals surface area contributed by atoms with Gasteiger partial charge in [0.1, 0.15) is 0 Å². The van der Waals surface area contributed by atoms with Crippen molar-refractivity contribution in [1.29, 1.82) is 0 Å². The lowest BCUT2D eigenvalue weighted by atomic mass is 10.1. The molecule has 1 heterocycles. The predicted octanol–water partition coefficient (Wildman–Crippen LogP) is 0.699. The molecule has 2 N–H and O–H groups in total. The zero-order valence-electron chi connectivity index (χ0n) is 14.0. The lowest BCUT2D eigenvalue weighted by Crippen LogP contribution is -3.19. The monoisotopic (exact) mass is 302 g/mol. The zero-order valence-corrected chi connectivity index (χ0v) is 14.0. The van der Waals surface area contributed by atoms with E-state index >= 15 is 0 Å². The molecule has 0 radical (unpaired) electrons. The Hall–Kier alpha value is -1.81. The van der Waals surface area contributed by atoms with Crippen LogP contribution < -0.4 is 15.1 Å². The summed E-state index contributed by atoms with van der Waals surface area (Å²) in [4.78, 5) is 15.9. The van der Waals surface area contributed by atoms with E-state index in [1.807, 2.05) is 6.92 Å². The van der Waals surface area contributed by atoms with Crippen LogP contribution in [0, 0.1) is 13.8 Å². The number of nitrogens with zero attached hydrogens (tertiary/aromatic N) is 1. The van der Waals surface area contributed by atoms with Crippen LogP contribution in [0.4, 0.5) is 5.69 Å². The van der Waals surface area contributed by atoms with E-state index in [0.717, 1.165) is 26.2 Å². The molecule has 0 aromatic heterocycles. The fraction of sp³-hybridized carbons (Fsp3) is 0.500. The summed E-state index contributed by atoms with van der Waals surface area (Å²) in [6, 6.07) is 6.49. The van der Waals surface area contributed by atoms with Gasteiger partial charge in [-0.15, -0.1) is 6.58 Å². The highest BCUT2D eigenvalue weighted by atomic mass is 16.2. The van der Waals surface area contributed by atoms with Gasteiger partial charge in [0.05, 0.1) is 26.2 Å². The molecule has 1 fully saturated rings. The Morgan fingerprint density at radius 3 is 2.73 bits per heavy atom. The molecule has 0 aliphatic carbocycles. The van der Waals surface area contributed by atoms with Gasteiger partial charge in [-0.05, 0) is 38.0 Å². The molecule has 1 aliphatic heterocycles. The van der Waals surface area contributed by atoms with Crippen molar-refractivity contribution in [1.82, 2.24) is 5.32 Å². The van der Waals surface area contributed by atoms with Crippen LogP contribution in [0.1, 0.15) is 18.1 Å². The summed E-state index contributed by atoms with van der Waals surface area (Å²) < 4.78 is 0. The van der Waals surface area contributed by atoms with Crippen molar-refractivity contribution in [2.24, 2.45) is 0 Å². The van der Waals surface area contributed by atoms with Crippen LogP contribution in [0.25, 0.3) is 0 Å². The number of anilines is 1. The highest BCUT2D eigenvalue weighted by molar-refractivity contribution is 5.80.